The number of hydrogen-bond acceptors (Lipinski definition) is 3. The average Bonchev–Trinajstić information content (AvgIpc) is 2.41. The molecule has 0 radical (unpaired) electrons. The standard InChI is InChI=1S/C14H15N3O/c1-14(2,11-6-4-3-5-7-11)13(18)17-12-8-9-15-10-16-12/h3-10H,1-2H3,(H,15,16,17,18). The normalized spacial score (nSPS) is 11.0. The molecular weight excluding hydrogens is 226 g/mol. The second kappa shape index (κ2) is 4.96. The van der Waals surface area contributed by atoms with Crippen LogP contribution in [-0.4, -0.2) is 15.9 Å². The Morgan fingerprint density at radius 2 is 1.89 bits per heavy atom. The highest BCUT2D eigenvalue weighted by Crippen LogP contribution is 2.24. The lowest BCUT2D eigenvalue weighted by atomic mass is 9.84. The third-order valence-electron chi connectivity index (χ3n) is 2.89. The fourth-order valence-corrected chi connectivity index (χ4v) is 1.62. The van der Waals surface area contributed by atoms with Crippen LogP contribution < -0.4 is 5.32 Å². The molecule has 92 valence electrons. The van der Waals surface area contributed by atoms with Crippen molar-refractivity contribution < 1.29 is 4.79 Å². The lowest BCUT2D eigenvalue weighted by Gasteiger charge is -2.23. The number of nitrogens with one attached hydrogen (secondary N) is 1. The van der Waals surface area contributed by atoms with Gasteiger partial charge < -0.3 is 5.32 Å². The van der Waals surface area contributed by atoms with E-state index in [1.807, 2.05) is 44.2 Å². The average molecular weight is 241 g/mol. The monoisotopic (exact) mass is 241 g/mol. The van der Waals surface area contributed by atoms with Crippen molar-refractivity contribution in [3.63, 3.8) is 0 Å². The number of aromatic nitrogens is 2. The van der Waals surface area contributed by atoms with Crippen LogP contribution in [0, 0.1) is 0 Å². The molecule has 0 aliphatic carbocycles. The molecule has 1 aromatic carbocycles. The van der Waals surface area contributed by atoms with Crippen molar-refractivity contribution in [3.8, 4) is 0 Å². The third-order valence-corrected chi connectivity index (χ3v) is 2.89. The van der Waals surface area contributed by atoms with E-state index in [2.05, 4.69) is 15.3 Å². The van der Waals surface area contributed by atoms with Gasteiger partial charge in [0.2, 0.25) is 5.91 Å². The SMILES string of the molecule is CC(C)(C(=O)Nc1ccncn1)c1ccccc1. The van der Waals surface area contributed by atoms with Gasteiger partial charge in [-0.05, 0) is 25.5 Å². The smallest absolute Gasteiger partial charge is 0.235 e. The topological polar surface area (TPSA) is 54.9 Å². The summed E-state index contributed by atoms with van der Waals surface area (Å²) in [6, 6.07) is 11.3. The minimum atomic E-state index is -0.605. The maximum Gasteiger partial charge on any atom is 0.235 e. The minimum Gasteiger partial charge on any atom is -0.310 e. The van der Waals surface area contributed by atoms with Crippen molar-refractivity contribution in [3.05, 3.63) is 54.5 Å². The van der Waals surface area contributed by atoms with E-state index in [0.29, 0.717) is 5.82 Å². The largest absolute Gasteiger partial charge is 0.310 e. The van der Waals surface area contributed by atoms with Crippen LogP contribution >= 0.6 is 0 Å². The van der Waals surface area contributed by atoms with Gasteiger partial charge in [-0.3, -0.25) is 4.79 Å². The van der Waals surface area contributed by atoms with Crippen molar-refractivity contribution in [2.24, 2.45) is 0 Å². The molecular formula is C14H15N3O. The van der Waals surface area contributed by atoms with E-state index in [4.69, 9.17) is 0 Å². The van der Waals surface area contributed by atoms with Crippen molar-refractivity contribution in [2.45, 2.75) is 19.3 Å². The first-order chi connectivity index (χ1) is 8.60. The predicted octanol–water partition coefficient (Wildman–Crippen LogP) is 2.39. The quantitative estimate of drug-likeness (QED) is 0.897. The molecule has 0 bridgehead atoms. The van der Waals surface area contributed by atoms with E-state index >= 15 is 0 Å². The number of hydrogen-bond donors (Lipinski definition) is 1. The van der Waals surface area contributed by atoms with E-state index in [1.54, 1.807) is 12.3 Å². The molecule has 0 saturated carbocycles. The van der Waals surface area contributed by atoms with Gasteiger partial charge in [0.1, 0.15) is 12.1 Å². The summed E-state index contributed by atoms with van der Waals surface area (Å²) in [7, 11) is 0. The van der Waals surface area contributed by atoms with E-state index in [-0.39, 0.29) is 5.91 Å². The molecule has 1 heterocycles. The van der Waals surface area contributed by atoms with Gasteiger partial charge in [0.05, 0.1) is 5.41 Å². The van der Waals surface area contributed by atoms with Crippen LogP contribution in [0.1, 0.15) is 19.4 Å². The zero-order valence-electron chi connectivity index (χ0n) is 10.4. The van der Waals surface area contributed by atoms with Crippen molar-refractivity contribution in [2.75, 3.05) is 5.32 Å². The van der Waals surface area contributed by atoms with E-state index in [1.165, 1.54) is 6.33 Å². The Bertz CT molecular complexity index is 523. The van der Waals surface area contributed by atoms with E-state index in [9.17, 15) is 4.79 Å². The van der Waals surface area contributed by atoms with Crippen LogP contribution in [0.2, 0.25) is 0 Å². The molecule has 0 unspecified atom stereocenters. The summed E-state index contributed by atoms with van der Waals surface area (Å²) in [6.07, 6.45) is 3.00. The summed E-state index contributed by atoms with van der Waals surface area (Å²) in [4.78, 5) is 20.1. The van der Waals surface area contributed by atoms with Gasteiger partial charge in [0.15, 0.2) is 0 Å². The minimum absolute atomic E-state index is 0.0904. The molecule has 4 heteroatoms. The Kier molecular flexibility index (Phi) is 3.37. The molecule has 1 aromatic heterocycles. The number of benzene rings is 1. The van der Waals surface area contributed by atoms with Crippen LogP contribution in [-0.2, 0) is 10.2 Å². The van der Waals surface area contributed by atoms with E-state index < -0.39 is 5.41 Å². The summed E-state index contributed by atoms with van der Waals surface area (Å²) in [6.45, 7) is 3.78. The van der Waals surface area contributed by atoms with Gasteiger partial charge in [-0.25, -0.2) is 9.97 Å². The Balaban J connectivity index is 2.18. The molecule has 0 spiro atoms. The second-order valence-electron chi connectivity index (χ2n) is 4.54. The molecule has 4 nitrogen and oxygen atoms in total. The number of nitrogens with zero attached hydrogens (tertiary/aromatic N) is 2. The fourth-order valence-electron chi connectivity index (χ4n) is 1.62. The predicted molar refractivity (Wildman–Crippen MR) is 70.1 cm³/mol. The summed E-state index contributed by atoms with van der Waals surface area (Å²) in [5, 5.41) is 2.79. The Morgan fingerprint density at radius 1 is 1.17 bits per heavy atom. The summed E-state index contributed by atoms with van der Waals surface area (Å²) >= 11 is 0. The maximum absolute atomic E-state index is 12.3. The van der Waals surface area contributed by atoms with Gasteiger partial charge in [-0.2, -0.15) is 0 Å². The lowest BCUT2D eigenvalue weighted by molar-refractivity contribution is -0.120. The first kappa shape index (κ1) is 12.2. The molecule has 18 heavy (non-hydrogen) atoms. The molecule has 1 N–H and O–H groups in total. The van der Waals surface area contributed by atoms with Gasteiger partial charge in [0.25, 0.3) is 0 Å². The van der Waals surface area contributed by atoms with Crippen LogP contribution in [0.3, 0.4) is 0 Å². The first-order valence-corrected chi connectivity index (χ1v) is 5.74. The van der Waals surface area contributed by atoms with Gasteiger partial charge in [-0.15, -0.1) is 0 Å². The number of amides is 1. The Hall–Kier alpha value is -2.23. The number of carbonyl (C=O) groups is 1. The summed E-state index contributed by atoms with van der Waals surface area (Å²) in [5.41, 5.74) is 0.364. The molecule has 0 aliphatic rings. The number of carbonyl (C=O) groups excluding carboxylic acids is 1. The van der Waals surface area contributed by atoms with Gasteiger partial charge >= 0.3 is 0 Å². The Labute approximate surface area is 106 Å². The summed E-state index contributed by atoms with van der Waals surface area (Å²) in [5.74, 6) is 0.423. The third kappa shape index (κ3) is 2.53. The van der Waals surface area contributed by atoms with Crippen molar-refractivity contribution in [1.29, 1.82) is 0 Å². The highest BCUT2D eigenvalue weighted by molar-refractivity contribution is 5.97. The highest BCUT2D eigenvalue weighted by Gasteiger charge is 2.29. The number of anilines is 1. The highest BCUT2D eigenvalue weighted by atomic mass is 16.2. The summed E-state index contributed by atoms with van der Waals surface area (Å²) < 4.78 is 0. The molecule has 0 atom stereocenters. The van der Waals surface area contributed by atoms with Gasteiger partial charge in [0, 0.05) is 6.20 Å². The van der Waals surface area contributed by atoms with Crippen LogP contribution in [0.5, 0.6) is 0 Å². The van der Waals surface area contributed by atoms with Crippen LogP contribution in [0.15, 0.2) is 48.9 Å². The molecule has 0 aliphatic heterocycles. The van der Waals surface area contributed by atoms with Crippen LogP contribution in [0.4, 0.5) is 5.82 Å². The lowest BCUT2D eigenvalue weighted by Crippen LogP contribution is -2.34. The molecule has 2 aromatic rings. The molecule has 1 amide bonds. The first-order valence-electron chi connectivity index (χ1n) is 5.74. The maximum atomic E-state index is 12.3. The van der Waals surface area contributed by atoms with Crippen LogP contribution in [0.25, 0.3) is 0 Å². The molecule has 2 rings (SSSR count). The van der Waals surface area contributed by atoms with Gasteiger partial charge in [-0.1, -0.05) is 30.3 Å². The Morgan fingerprint density at radius 3 is 2.50 bits per heavy atom. The van der Waals surface area contributed by atoms with Crippen molar-refractivity contribution >= 4 is 11.7 Å². The molecule has 0 fully saturated rings. The fraction of sp³-hybridized carbons (Fsp3) is 0.214. The molecule has 0 saturated heterocycles. The van der Waals surface area contributed by atoms with E-state index in [0.717, 1.165) is 5.56 Å². The zero-order valence-corrected chi connectivity index (χ0v) is 10.4. The van der Waals surface area contributed by atoms with Crippen molar-refractivity contribution in [1.82, 2.24) is 9.97 Å². The number of rotatable bonds is 3. The second-order valence-corrected chi connectivity index (χ2v) is 4.54. The zero-order chi connectivity index (χ0) is 13.0.